The van der Waals surface area contributed by atoms with Crippen molar-refractivity contribution in [2.75, 3.05) is 0 Å². The summed E-state index contributed by atoms with van der Waals surface area (Å²) in [6.45, 7) is 18.5. The highest BCUT2D eigenvalue weighted by Crippen LogP contribution is 2.21. The molecule has 0 spiro atoms. The second-order valence-corrected chi connectivity index (χ2v) is 3.99. The van der Waals surface area contributed by atoms with Crippen LogP contribution in [0.4, 0.5) is 0 Å². The molecule has 18 heavy (non-hydrogen) atoms. The van der Waals surface area contributed by atoms with E-state index in [4.69, 9.17) is 0 Å². The van der Waals surface area contributed by atoms with Crippen LogP contribution in [0.2, 0.25) is 0 Å². The van der Waals surface area contributed by atoms with Crippen LogP contribution < -0.4 is 0 Å². The molecule has 1 aromatic carbocycles. The molecule has 0 aliphatic rings. The summed E-state index contributed by atoms with van der Waals surface area (Å²) < 4.78 is 0. The van der Waals surface area contributed by atoms with Gasteiger partial charge in [-0.2, -0.15) is 0 Å². The Labute approximate surface area is 115 Å². The largest absolute Gasteiger partial charge is 0.298 e. The molecule has 0 saturated carbocycles. The monoisotopic (exact) mass is 252 g/mol. The van der Waals surface area contributed by atoms with E-state index in [0.717, 1.165) is 11.8 Å². The maximum absolute atomic E-state index is 10.4. The maximum Gasteiger partial charge on any atom is 0.150 e. The standard InChI is InChI=1S/C11H14O.3C2H6/c1-11(2,3)10-6-4-9(8-12)5-7-10;3*1-2/h4-8H,1-3H3;3*1-2H3. The van der Waals surface area contributed by atoms with E-state index in [0.29, 0.717) is 0 Å². The normalized spacial score (nSPS) is 8.50. The summed E-state index contributed by atoms with van der Waals surface area (Å²) in [6.07, 6.45) is 0.867. The molecule has 1 aromatic rings. The third-order valence-electron chi connectivity index (χ3n) is 1.91. The SMILES string of the molecule is CC.CC.CC.CC(C)(C)c1ccc(C=O)cc1. The van der Waals surface area contributed by atoms with Crippen LogP contribution in [0.1, 0.15) is 78.2 Å². The van der Waals surface area contributed by atoms with Crippen molar-refractivity contribution >= 4 is 6.29 Å². The van der Waals surface area contributed by atoms with Gasteiger partial charge in [0.15, 0.2) is 0 Å². The molecular weight excluding hydrogens is 220 g/mol. The fourth-order valence-corrected chi connectivity index (χ4v) is 1.06. The van der Waals surface area contributed by atoms with Crippen molar-refractivity contribution in [3.05, 3.63) is 35.4 Å². The lowest BCUT2D eigenvalue weighted by molar-refractivity contribution is 0.112. The maximum atomic E-state index is 10.4. The second-order valence-electron chi connectivity index (χ2n) is 3.99. The van der Waals surface area contributed by atoms with Crippen LogP contribution in [0, 0.1) is 0 Å². The zero-order valence-electron chi connectivity index (χ0n) is 13.8. The van der Waals surface area contributed by atoms with Gasteiger partial charge in [0.25, 0.3) is 0 Å². The van der Waals surface area contributed by atoms with Gasteiger partial charge in [-0.25, -0.2) is 0 Å². The molecule has 0 N–H and O–H groups in total. The Morgan fingerprint density at radius 1 is 0.778 bits per heavy atom. The second kappa shape index (κ2) is 14.0. The van der Waals surface area contributed by atoms with E-state index in [1.54, 1.807) is 0 Å². The molecule has 0 aliphatic carbocycles. The van der Waals surface area contributed by atoms with Crippen LogP contribution >= 0.6 is 0 Å². The molecule has 106 valence electrons. The predicted octanol–water partition coefficient (Wildman–Crippen LogP) is 5.88. The molecule has 0 amide bonds. The van der Waals surface area contributed by atoms with Crippen molar-refractivity contribution in [1.82, 2.24) is 0 Å². The minimum Gasteiger partial charge on any atom is -0.298 e. The Morgan fingerprint density at radius 3 is 1.33 bits per heavy atom. The van der Waals surface area contributed by atoms with Gasteiger partial charge in [-0.15, -0.1) is 0 Å². The average Bonchev–Trinajstić information content (AvgIpc) is 2.44. The molecule has 0 bridgehead atoms. The molecule has 0 unspecified atom stereocenters. The molecule has 0 atom stereocenters. The Hall–Kier alpha value is -1.11. The quantitative estimate of drug-likeness (QED) is 0.571. The molecule has 1 rings (SSSR count). The zero-order valence-corrected chi connectivity index (χ0v) is 13.8. The van der Waals surface area contributed by atoms with Gasteiger partial charge in [0.1, 0.15) is 6.29 Å². The number of aldehydes is 1. The molecule has 0 aliphatic heterocycles. The number of hydrogen-bond donors (Lipinski definition) is 0. The molecule has 0 aromatic heterocycles. The average molecular weight is 252 g/mol. The van der Waals surface area contributed by atoms with E-state index in [1.807, 2.05) is 65.8 Å². The number of benzene rings is 1. The van der Waals surface area contributed by atoms with Crippen molar-refractivity contribution in [2.24, 2.45) is 0 Å². The minimum absolute atomic E-state index is 0.168. The Bertz CT molecular complexity index is 265. The van der Waals surface area contributed by atoms with Crippen LogP contribution in [-0.4, -0.2) is 6.29 Å². The van der Waals surface area contributed by atoms with Crippen LogP contribution in [0.3, 0.4) is 0 Å². The van der Waals surface area contributed by atoms with E-state index < -0.39 is 0 Å². The molecule has 0 heterocycles. The van der Waals surface area contributed by atoms with Gasteiger partial charge in [-0.05, 0) is 11.0 Å². The lowest BCUT2D eigenvalue weighted by Gasteiger charge is -2.18. The molecule has 0 saturated heterocycles. The van der Waals surface area contributed by atoms with Crippen molar-refractivity contribution in [3.8, 4) is 0 Å². The van der Waals surface area contributed by atoms with E-state index in [9.17, 15) is 4.79 Å². The number of carbonyl (C=O) groups is 1. The van der Waals surface area contributed by atoms with Crippen molar-refractivity contribution < 1.29 is 4.79 Å². The van der Waals surface area contributed by atoms with Crippen LogP contribution in [0.15, 0.2) is 24.3 Å². The fourth-order valence-electron chi connectivity index (χ4n) is 1.06. The van der Waals surface area contributed by atoms with E-state index in [-0.39, 0.29) is 5.41 Å². The van der Waals surface area contributed by atoms with Gasteiger partial charge in [-0.1, -0.05) is 86.6 Å². The molecule has 1 nitrogen and oxygen atoms in total. The third kappa shape index (κ3) is 10.1. The number of hydrogen-bond acceptors (Lipinski definition) is 1. The summed E-state index contributed by atoms with van der Waals surface area (Å²) >= 11 is 0. The first-order valence-corrected chi connectivity index (χ1v) is 7.10. The lowest BCUT2D eigenvalue weighted by Crippen LogP contribution is -2.10. The Balaban J connectivity index is -0.000000328. The van der Waals surface area contributed by atoms with Crippen molar-refractivity contribution in [1.29, 1.82) is 0 Å². The Morgan fingerprint density at radius 2 is 1.11 bits per heavy atom. The van der Waals surface area contributed by atoms with Crippen molar-refractivity contribution in [3.63, 3.8) is 0 Å². The summed E-state index contributed by atoms with van der Waals surface area (Å²) in [5.41, 5.74) is 2.16. The Kier molecular flexibility index (Phi) is 17.1. The van der Waals surface area contributed by atoms with Gasteiger partial charge >= 0.3 is 0 Å². The molecule has 0 radical (unpaired) electrons. The minimum atomic E-state index is 0.168. The summed E-state index contributed by atoms with van der Waals surface area (Å²) in [7, 11) is 0. The third-order valence-corrected chi connectivity index (χ3v) is 1.91. The topological polar surface area (TPSA) is 17.1 Å². The molecule has 1 heteroatoms. The lowest BCUT2D eigenvalue weighted by atomic mass is 9.87. The summed E-state index contributed by atoms with van der Waals surface area (Å²) in [4.78, 5) is 10.4. The number of carbonyl (C=O) groups excluding carboxylic acids is 1. The van der Waals surface area contributed by atoms with E-state index in [2.05, 4.69) is 20.8 Å². The zero-order chi connectivity index (χ0) is 15.2. The van der Waals surface area contributed by atoms with Gasteiger partial charge in [-0.3, -0.25) is 4.79 Å². The first-order valence-electron chi connectivity index (χ1n) is 7.10. The van der Waals surface area contributed by atoms with Crippen LogP contribution in [0.25, 0.3) is 0 Å². The van der Waals surface area contributed by atoms with Gasteiger partial charge in [0.2, 0.25) is 0 Å². The number of rotatable bonds is 1. The van der Waals surface area contributed by atoms with Crippen LogP contribution in [0.5, 0.6) is 0 Å². The smallest absolute Gasteiger partial charge is 0.150 e. The van der Waals surface area contributed by atoms with Gasteiger partial charge < -0.3 is 0 Å². The first kappa shape index (κ1) is 22.1. The summed E-state index contributed by atoms with van der Waals surface area (Å²) in [5.74, 6) is 0. The highest BCUT2D eigenvalue weighted by Gasteiger charge is 2.12. The highest BCUT2D eigenvalue weighted by atomic mass is 16.1. The highest BCUT2D eigenvalue weighted by molar-refractivity contribution is 5.74. The van der Waals surface area contributed by atoms with Crippen LogP contribution in [-0.2, 0) is 5.41 Å². The van der Waals surface area contributed by atoms with Crippen molar-refractivity contribution in [2.45, 2.75) is 67.7 Å². The van der Waals surface area contributed by atoms with E-state index in [1.165, 1.54) is 5.56 Å². The summed E-state index contributed by atoms with van der Waals surface area (Å²) in [5, 5.41) is 0. The predicted molar refractivity (Wildman–Crippen MR) is 84.6 cm³/mol. The van der Waals surface area contributed by atoms with Gasteiger partial charge in [0, 0.05) is 5.56 Å². The first-order chi connectivity index (χ1) is 8.54. The fraction of sp³-hybridized carbons (Fsp3) is 0.588. The summed E-state index contributed by atoms with van der Waals surface area (Å²) in [6, 6.07) is 7.72. The molecular formula is C17H32O. The van der Waals surface area contributed by atoms with Gasteiger partial charge in [0.05, 0.1) is 0 Å². The molecule has 0 fully saturated rings. The van der Waals surface area contributed by atoms with E-state index >= 15 is 0 Å².